The zero-order valence-corrected chi connectivity index (χ0v) is 20.9. The number of halogens is 1. The van der Waals surface area contributed by atoms with Crippen LogP contribution in [-0.2, 0) is 29.1 Å². The number of carbonyl (C=O) groups excluding carboxylic acids is 1. The minimum Gasteiger partial charge on any atom is -0.390 e. The van der Waals surface area contributed by atoms with Crippen molar-refractivity contribution in [1.82, 2.24) is 9.55 Å². The first-order valence-corrected chi connectivity index (χ1v) is 12.2. The van der Waals surface area contributed by atoms with Crippen LogP contribution in [0.25, 0.3) is 22.3 Å². The van der Waals surface area contributed by atoms with E-state index in [2.05, 4.69) is 0 Å². The molecular weight excluding hydrogens is 447 g/mol. The first-order chi connectivity index (χ1) is 16.6. The van der Waals surface area contributed by atoms with Gasteiger partial charge < -0.3 is 19.2 Å². The van der Waals surface area contributed by atoms with Crippen molar-refractivity contribution in [2.75, 3.05) is 7.11 Å². The predicted octanol–water partition coefficient (Wildman–Crippen LogP) is 4.51. The molecule has 3 heterocycles. The summed E-state index contributed by atoms with van der Waals surface area (Å²) < 4.78 is 21.9. The molecule has 1 N–H and O–H groups in total. The van der Waals surface area contributed by atoms with Crippen LogP contribution in [0.1, 0.15) is 78.8 Å². The van der Waals surface area contributed by atoms with Crippen molar-refractivity contribution < 1.29 is 19.0 Å². The van der Waals surface area contributed by atoms with Gasteiger partial charge >= 0.3 is 0 Å². The number of aryl methyl sites for hydroxylation is 1. The molecule has 2 aliphatic rings. The second kappa shape index (κ2) is 8.35. The quantitative estimate of drug-likeness (QED) is 0.413. The van der Waals surface area contributed by atoms with Gasteiger partial charge in [0.05, 0.1) is 35.7 Å². The number of aldehydes is 1. The number of aliphatic hydroxyl groups is 1. The first kappa shape index (κ1) is 23.8. The molecule has 5 rings (SSSR count). The zero-order chi connectivity index (χ0) is 25.2. The van der Waals surface area contributed by atoms with E-state index in [9.17, 15) is 19.1 Å². The fourth-order valence-electron chi connectivity index (χ4n) is 6.08. The topological polar surface area (TPSA) is 81.4 Å². The van der Waals surface area contributed by atoms with Gasteiger partial charge in [0, 0.05) is 41.5 Å². The van der Waals surface area contributed by atoms with Gasteiger partial charge in [-0.1, -0.05) is 6.92 Å². The SMILES string of the molecule is CCC(C=O)c1cc2n(c(=O)c1COC)Cc1c-2nc2cc(F)c(C)c3c2c1C(C(C)(C)O)CC3. The van der Waals surface area contributed by atoms with Crippen LogP contribution in [0.15, 0.2) is 16.9 Å². The third-order valence-corrected chi connectivity index (χ3v) is 7.91. The number of nitrogens with zero attached hydrogens (tertiary/aromatic N) is 2. The number of hydrogen-bond acceptors (Lipinski definition) is 5. The van der Waals surface area contributed by atoms with E-state index in [4.69, 9.17) is 9.72 Å². The Morgan fingerprint density at radius 1 is 1.34 bits per heavy atom. The molecule has 184 valence electrons. The largest absolute Gasteiger partial charge is 0.390 e. The summed E-state index contributed by atoms with van der Waals surface area (Å²) in [5, 5.41) is 12.0. The minimum absolute atomic E-state index is 0.109. The van der Waals surface area contributed by atoms with Gasteiger partial charge in [0.2, 0.25) is 0 Å². The molecule has 0 saturated heterocycles. The number of hydrogen-bond donors (Lipinski definition) is 1. The Labute approximate surface area is 203 Å². The number of methoxy groups -OCH3 is 1. The van der Waals surface area contributed by atoms with Crippen molar-refractivity contribution in [3.8, 4) is 11.4 Å². The summed E-state index contributed by atoms with van der Waals surface area (Å²) in [7, 11) is 1.53. The van der Waals surface area contributed by atoms with Crippen LogP contribution >= 0.6 is 0 Å². The monoisotopic (exact) mass is 478 g/mol. The second-order valence-electron chi connectivity index (χ2n) is 10.4. The Bertz CT molecular complexity index is 1430. The molecule has 0 radical (unpaired) electrons. The number of carbonyl (C=O) groups is 1. The van der Waals surface area contributed by atoms with E-state index in [0.29, 0.717) is 59.4 Å². The summed E-state index contributed by atoms with van der Waals surface area (Å²) in [6.45, 7) is 7.73. The zero-order valence-electron chi connectivity index (χ0n) is 20.9. The van der Waals surface area contributed by atoms with E-state index in [1.165, 1.54) is 13.2 Å². The molecule has 0 fully saturated rings. The number of aromatic nitrogens is 2. The first-order valence-electron chi connectivity index (χ1n) is 12.2. The predicted molar refractivity (Wildman–Crippen MR) is 132 cm³/mol. The molecule has 2 aromatic heterocycles. The van der Waals surface area contributed by atoms with Gasteiger partial charge in [-0.2, -0.15) is 0 Å². The number of pyridine rings is 2. The van der Waals surface area contributed by atoms with E-state index in [0.717, 1.165) is 28.4 Å². The van der Waals surface area contributed by atoms with Crippen molar-refractivity contribution >= 4 is 17.2 Å². The lowest BCUT2D eigenvalue weighted by Crippen LogP contribution is -2.32. The Hall–Kier alpha value is -2.90. The Balaban J connectivity index is 1.88. The third kappa shape index (κ3) is 3.47. The van der Waals surface area contributed by atoms with Crippen LogP contribution in [-0.4, -0.2) is 33.7 Å². The average Bonchev–Trinajstić information content (AvgIpc) is 3.18. The molecule has 7 heteroatoms. The fourth-order valence-corrected chi connectivity index (χ4v) is 6.08. The summed E-state index contributed by atoms with van der Waals surface area (Å²) in [4.78, 5) is 30.4. The molecular formula is C28H31FN2O4. The molecule has 1 aliphatic carbocycles. The van der Waals surface area contributed by atoms with Gasteiger partial charge in [-0.15, -0.1) is 0 Å². The lowest BCUT2D eigenvalue weighted by atomic mass is 9.72. The number of fused-ring (bicyclic) bond motifs is 4. The van der Waals surface area contributed by atoms with E-state index in [-0.39, 0.29) is 23.9 Å². The molecule has 1 aliphatic heterocycles. The number of benzene rings is 1. The number of ether oxygens (including phenoxy) is 1. The molecule has 2 atom stereocenters. The van der Waals surface area contributed by atoms with Gasteiger partial charge in [0.15, 0.2) is 0 Å². The van der Waals surface area contributed by atoms with Crippen LogP contribution in [0.2, 0.25) is 0 Å². The van der Waals surface area contributed by atoms with E-state index < -0.39 is 11.5 Å². The Morgan fingerprint density at radius 2 is 2.09 bits per heavy atom. The third-order valence-electron chi connectivity index (χ3n) is 7.91. The van der Waals surface area contributed by atoms with Crippen molar-refractivity contribution in [3.05, 3.63) is 61.7 Å². The van der Waals surface area contributed by atoms with Crippen molar-refractivity contribution in [2.24, 2.45) is 0 Å². The van der Waals surface area contributed by atoms with Crippen molar-refractivity contribution in [1.29, 1.82) is 0 Å². The maximum Gasteiger partial charge on any atom is 0.257 e. The highest BCUT2D eigenvalue weighted by Gasteiger charge is 2.39. The van der Waals surface area contributed by atoms with Gasteiger partial charge in [-0.3, -0.25) is 4.79 Å². The van der Waals surface area contributed by atoms with Crippen molar-refractivity contribution in [2.45, 2.75) is 77.5 Å². The van der Waals surface area contributed by atoms with Gasteiger partial charge in [0.25, 0.3) is 5.56 Å². The highest BCUT2D eigenvalue weighted by atomic mass is 19.1. The average molecular weight is 479 g/mol. The maximum absolute atomic E-state index is 14.9. The smallest absolute Gasteiger partial charge is 0.257 e. The highest BCUT2D eigenvalue weighted by Crippen LogP contribution is 2.48. The Morgan fingerprint density at radius 3 is 2.71 bits per heavy atom. The van der Waals surface area contributed by atoms with E-state index in [1.54, 1.807) is 25.3 Å². The molecule has 0 spiro atoms. The standard InChI is InChI=1S/C28H31FN2O4/c1-6-15(12-32)17-9-23-26-18(11-31(23)27(33)19(17)13-35-5)24-20(28(3,4)34)8-7-16-14(2)21(29)10-22(30-26)25(16)24/h9-10,12,15,20,34H,6-8,11,13H2,1-5H3. The van der Waals surface area contributed by atoms with E-state index >= 15 is 0 Å². The normalized spacial score (nSPS) is 17.4. The minimum atomic E-state index is -1.00. The Kier molecular flexibility index (Phi) is 5.68. The van der Waals surface area contributed by atoms with Gasteiger partial charge in [-0.25, -0.2) is 9.37 Å². The van der Waals surface area contributed by atoms with Crippen LogP contribution in [0.4, 0.5) is 4.39 Å². The van der Waals surface area contributed by atoms with E-state index in [1.807, 2.05) is 13.0 Å². The summed E-state index contributed by atoms with van der Waals surface area (Å²) in [6, 6.07) is 3.34. The molecule has 0 amide bonds. The van der Waals surface area contributed by atoms with Crippen LogP contribution in [0.5, 0.6) is 0 Å². The summed E-state index contributed by atoms with van der Waals surface area (Å²) >= 11 is 0. The summed E-state index contributed by atoms with van der Waals surface area (Å²) in [6.07, 6.45) is 2.77. The van der Waals surface area contributed by atoms with Crippen molar-refractivity contribution in [3.63, 3.8) is 0 Å². The van der Waals surface area contributed by atoms with Crippen LogP contribution < -0.4 is 5.56 Å². The molecule has 1 aromatic carbocycles. The fraction of sp³-hybridized carbons (Fsp3) is 0.464. The van der Waals surface area contributed by atoms with Gasteiger partial charge in [0.1, 0.15) is 12.1 Å². The molecule has 0 bridgehead atoms. The van der Waals surface area contributed by atoms with Gasteiger partial charge in [-0.05, 0) is 68.4 Å². The molecule has 3 aromatic rings. The van der Waals surface area contributed by atoms with Crippen LogP contribution in [0.3, 0.4) is 0 Å². The number of rotatable bonds is 6. The molecule has 6 nitrogen and oxygen atoms in total. The summed E-state index contributed by atoms with van der Waals surface area (Å²) in [5.41, 5.74) is 5.12. The lowest BCUT2D eigenvalue weighted by molar-refractivity contribution is -0.109. The van der Waals surface area contributed by atoms with Crippen LogP contribution in [0, 0.1) is 12.7 Å². The molecule has 35 heavy (non-hydrogen) atoms. The molecule has 0 saturated carbocycles. The molecule has 2 unspecified atom stereocenters. The lowest BCUT2D eigenvalue weighted by Gasteiger charge is -2.36. The highest BCUT2D eigenvalue weighted by molar-refractivity contribution is 5.93. The second-order valence-corrected chi connectivity index (χ2v) is 10.4. The maximum atomic E-state index is 14.9. The summed E-state index contributed by atoms with van der Waals surface area (Å²) in [5.74, 6) is -0.913.